The first-order valence-electron chi connectivity index (χ1n) is 13.8. The van der Waals surface area contributed by atoms with Crippen molar-refractivity contribution in [2.75, 3.05) is 44.2 Å². The molecule has 4 heterocycles. The number of pyridine rings is 2. The number of ether oxygens (including phenoxy) is 1. The average Bonchev–Trinajstić information content (AvgIpc) is 3.25. The molecule has 2 aromatic rings. The van der Waals surface area contributed by atoms with E-state index in [9.17, 15) is 19.2 Å². The Morgan fingerprint density at radius 3 is 2.12 bits per heavy atom. The highest BCUT2D eigenvalue weighted by atomic mass is 16.5. The molecule has 2 aromatic heterocycles. The molecule has 0 radical (unpaired) electrons. The SMILES string of the molecule is O=C(O)/C=C\C(=O)O.O=C1[C@H]2CC=CC[C@H]2C(=O)N1CC(CN1CCN(c2ccccn2)CC1)OCc1cccnc1. The third-order valence-electron chi connectivity index (χ3n) is 7.37. The number of carboxylic acids is 2. The summed E-state index contributed by atoms with van der Waals surface area (Å²) in [6.07, 6.45) is 11.5. The molecule has 2 aliphatic heterocycles. The molecular formula is C30H35N5O7. The number of hydrogen-bond acceptors (Lipinski definition) is 9. The highest BCUT2D eigenvalue weighted by molar-refractivity contribution is 6.05. The summed E-state index contributed by atoms with van der Waals surface area (Å²) < 4.78 is 6.29. The van der Waals surface area contributed by atoms with Gasteiger partial charge in [-0.25, -0.2) is 14.6 Å². The molecule has 42 heavy (non-hydrogen) atoms. The number of fused-ring (bicyclic) bond motifs is 1. The molecule has 0 spiro atoms. The quantitative estimate of drug-likeness (QED) is 0.242. The van der Waals surface area contributed by atoms with Crippen molar-refractivity contribution >= 4 is 29.6 Å². The summed E-state index contributed by atoms with van der Waals surface area (Å²) in [5, 5.41) is 15.6. The molecule has 3 atom stereocenters. The van der Waals surface area contributed by atoms with Crippen molar-refractivity contribution in [2.24, 2.45) is 11.8 Å². The topological polar surface area (TPSA) is 153 Å². The Hall–Kier alpha value is -4.42. The van der Waals surface area contributed by atoms with Gasteiger partial charge in [0.1, 0.15) is 5.82 Å². The van der Waals surface area contributed by atoms with Crippen LogP contribution in [0.1, 0.15) is 18.4 Å². The van der Waals surface area contributed by atoms with Crippen LogP contribution in [0.3, 0.4) is 0 Å². The van der Waals surface area contributed by atoms with Crippen LogP contribution in [0.2, 0.25) is 0 Å². The molecular weight excluding hydrogens is 542 g/mol. The van der Waals surface area contributed by atoms with Crippen LogP contribution in [-0.4, -0.2) is 99.1 Å². The number of piperazine rings is 1. The molecule has 2 saturated heterocycles. The molecule has 0 bridgehead atoms. The number of rotatable bonds is 10. The van der Waals surface area contributed by atoms with Crippen LogP contribution in [-0.2, 0) is 30.5 Å². The molecule has 2 fully saturated rings. The third kappa shape index (κ3) is 8.54. The van der Waals surface area contributed by atoms with E-state index in [1.54, 1.807) is 12.4 Å². The largest absolute Gasteiger partial charge is 0.478 e. The van der Waals surface area contributed by atoms with E-state index in [0.717, 1.165) is 37.6 Å². The lowest BCUT2D eigenvalue weighted by Gasteiger charge is -2.37. The van der Waals surface area contributed by atoms with Crippen LogP contribution in [0.25, 0.3) is 0 Å². The number of nitrogens with zero attached hydrogens (tertiary/aromatic N) is 5. The summed E-state index contributed by atoms with van der Waals surface area (Å²) in [4.78, 5) is 59.9. The second-order valence-corrected chi connectivity index (χ2v) is 10.2. The molecule has 1 unspecified atom stereocenters. The summed E-state index contributed by atoms with van der Waals surface area (Å²) in [5.74, 6) is -2.03. The molecule has 1 aliphatic carbocycles. The Balaban J connectivity index is 0.000000446. The Morgan fingerprint density at radius 1 is 0.905 bits per heavy atom. The van der Waals surface area contributed by atoms with Crippen LogP contribution < -0.4 is 4.90 Å². The van der Waals surface area contributed by atoms with Gasteiger partial charge >= 0.3 is 11.9 Å². The molecule has 2 N–H and O–H groups in total. The van der Waals surface area contributed by atoms with Gasteiger partial charge in [0.05, 0.1) is 31.1 Å². The zero-order valence-electron chi connectivity index (χ0n) is 23.2. The molecule has 3 aliphatic rings. The van der Waals surface area contributed by atoms with Gasteiger partial charge in [0.2, 0.25) is 11.8 Å². The van der Waals surface area contributed by atoms with Gasteiger partial charge in [-0.3, -0.25) is 24.4 Å². The fraction of sp³-hybridized carbons (Fsp3) is 0.400. The summed E-state index contributed by atoms with van der Waals surface area (Å²) in [6, 6.07) is 9.83. The van der Waals surface area contributed by atoms with E-state index < -0.39 is 11.9 Å². The van der Waals surface area contributed by atoms with Crippen LogP contribution >= 0.6 is 0 Å². The van der Waals surface area contributed by atoms with E-state index in [0.29, 0.717) is 44.7 Å². The third-order valence-corrected chi connectivity index (χ3v) is 7.37. The maximum atomic E-state index is 13.0. The summed E-state index contributed by atoms with van der Waals surface area (Å²) in [5.41, 5.74) is 0.976. The first-order valence-corrected chi connectivity index (χ1v) is 13.8. The molecule has 0 aromatic carbocycles. The number of carbonyl (C=O) groups excluding carboxylic acids is 2. The first kappa shape index (κ1) is 30.5. The second-order valence-electron chi connectivity index (χ2n) is 10.2. The van der Waals surface area contributed by atoms with E-state index >= 15 is 0 Å². The minimum absolute atomic E-state index is 0.0469. The van der Waals surface area contributed by atoms with Crippen molar-refractivity contribution in [2.45, 2.75) is 25.6 Å². The molecule has 0 saturated carbocycles. The van der Waals surface area contributed by atoms with Crippen molar-refractivity contribution in [3.63, 3.8) is 0 Å². The number of hydrogen-bond donors (Lipinski definition) is 2. The Morgan fingerprint density at radius 2 is 1.57 bits per heavy atom. The first-order chi connectivity index (χ1) is 20.3. The van der Waals surface area contributed by atoms with E-state index in [4.69, 9.17) is 14.9 Å². The monoisotopic (exact) mass is 577 g/mol. The average molecular weight is 578 g/mol. The molecule has 222 valence electrons. The van der Waals surface area contributed by atoms with E-state index in [1.165, 1.54) is 4.90 Å². The predicted octanol–water partition coefficient (Wildman–Crippen LogP) is 1.85. The van der Waals surface area contributed by atoms with E-state index in [1.807, 2.05) is 48.7 Å². The Kier molecular flexibility index (Phi) is 10.9. The second kappa shape index (κ2) is 15.0. The van der Waals surface area contributed by atoms with Crippen molar-refractivity contribution in [1.29, 1.82) is 0 Å². The van der Waals surface area contributed by atoms with Gasteiger partial charge in [-0.2, -0.15) is 0 Å². The molecule has 12 heteroatoms. The maximum absolute atomic E-state index is 13.0. The maximum Gasteiger partial charge on any atom is 0.328 e. The number of allylic oxidation sites excluding steroid dienone is 2. The highest BCUT2D eigenvalue weighted by Crippen LogP contribution is 2.35. The lowest BCUT2D eigenvalue weighted by atomic mass is 9.85. The van der Waals surface area contributed by atoms with Crippen LogP contribution in [0, 0.1) is 11.8 Å². The minimum Gasteiger partial charge on any atom is -0.478 e. The van der Waals surface area contributed by atoms with Crippen LogP contribution in [0.15, 0.2) is 73.2 Å². The lowest BCUT2D eigenvalue weighted by Crippen LogP contribution is -2.51. The van der Waals surface area contributed by atoms with Crippen LogP contribution in [0.5, 0.6) is 0 Å². The van der Waals surface area contributed by atoms with Gasteiger partial charge in [0.15, 0.2) is 0 Å². The van der Waals surface area contributed by atoms with Crippen molar-refractivity contribution in [3.8, 4) is 0 Å². The number of amides is 2. The molecule has 12 nitrogen and oxygen atoms in total. The minimum atomic E-state index is -1.26. The van der Waals surface area contributed by atoms with Gasteiger partial charge in [-0.1, -0.05) is 24.3 Å². The zero-order valence-corrected chi connectivity index (χ0v) is 23.2. The van der Waals surface area contributed by atoms with Crippen molar-refractivity contribution in [3.05, 3.63) is 78.8 Å². The fourth-order valence-corrected chi connectivity index (χ4v) is 5.24. The smallest absolute Gasteiger partial charge is 0.328 e. The molecule has 5 rings (SSSR count). The lowest BCUT2D eigenvalue weighted by molar-refractivity contribution is -0.143. The number of carboxylic acid groups (broad SMARTS) is 2. The van der Waals surface area contributed by atoms with Crippen molar-refractivity contribution < 1.29 is 34.1 Å². The highest BCUT2D eigenvalue weighted by Gasteiger charge is 2.47. The van der Waals surface area contributed by atoms with Gasteiger partial charge in [-0.05, 0) is 36.6 Å². The fourth-order valence-electron chi connectivity index (χ4n) is 5.24. The number of anilines is 1. The van der Waals surface area contributed by atoms with E-state index in [2.05, 4.69) is 19.8 Å². The van der Waals surface area contributed by atoms with E-state index in [-0.39, 0.29) is 29.8 Å². The number of carbonyl (C=O) groups is 4. The molecule has 2 amide bonds. The van der Waals surface area contributed by atoms with Gasteiger partial charge in [-0.15, -0.1) is 0 Å². The van der Waals surface area contributed by atoms with Gasteiger partial charge in [0.25, 0.3) is 0 Å². The number of aliphatic carboxylic acids is 2. The zero-order chi connectivity index (χ0) is 29.9. The standard InChI is InChI=1S/C26H31N5O3.C4H4O4/c32-25-22-7-1-2-8-23(22)26(33)31(25)18-21(34-19-20-6-5-10-27-16-20)17-29-12-14-30(15-13-29)24-9-3-4-11-28-24;5-3(6)1-2-4(7)8/h1-6,9-11,16,21-23H,7-8,12-15,17-19H2;1-2H,(H,5,6)(H,7,8)/b;2-1-/t21?,22-,23+;. The van der Waals surface area contributed by atoms with Gasteiger partial charge < -0.3 is 19.8 Å². The number of likely N-dealkylation sites (tertiary alicyclic amines) is 1. The Labute approximate surface area is 243 Å². The predicted molar refractivity (Wildman–Crippen MR) is 152 cm³/mol. The number of aromatic nitrogens is 2. The summed E-state index contributed by atoms with van der Waals surface area (Å²) in [7, 11) is 0. The Bertz CT molecular complexity index is 1240. The number of imide groups is 1. The summed E-state index contributed by atoms with van der Waals surface area (Å²) in [6.45, 7) is 4.87. The van der Waals surface area contributed by atoms with Crippen molar-refractivity contribution in [1.82, 2.24) is 19.8 Å². The van der Waals surface area contributed by atoms with Gasteiger partial charge in [0, 0.05) is 63.5 Å². The van der Waals surface area contributed by atoms with Crippen LogP contribution in [0.4, 0.5) is 5.82 Å². The summed E-state index contributed by atoms with van der Waals surface area (Å²) >= 11 is 0. The normalized spacial score (nSPS) is 21.1.